The van der Waals surface area contributed by atoms with Crippen LogP contribution in [-0.2, 0) is 0 Å². The normalized spacial score (nSPS) is 13.6. The molecule has 4 nitrogen and oxygen atoms in total. The van der Waals surface area contributed by atoms with E-state index in [9.17, 15) is 0 Å². The lowest BCUT2D eigenvalue weighted by atomic mass is 10.1. The van der Waals surface area contributed by atoms with Gasteiger partial charge in [0.05, 0.1) is 30.0 Å². The lowest BCUT2D eigenvalue weighted by Crippen LogP contribution is -2.13. The summed E-state index contributed by atoms with van der Waals surface area (Å²) in [5.74, 6) is 0.961. The maximum atomic E-state index is 5.99. The van der Waals surface area contributed by atoms with Gasteiger partial charge in [-0.25, -0.2) is 4.98 Å². The molecule has 20 heavy (non-hydrogen) atoms. The first kappa shape index (κ1) is 14.5. The fraction of sp³-hybridized carbons (Fsp3) is 0.333. The Kier molecular flexibility index (Phi) is 4.73. The zero-order valence-electron chi connectivity index (χ0n) is 12.4. The van der Waals surface area contributed by atoms with Crippen molar-refractivity contribution in [1.82, 2.24) is 9.97 Å². The number of aliphatic imine (C=N–C) groups is 1. The van der Waals surface area contributed by atoms with Crippen molar-refractivity contribution in [2.75, 3.05) is 0 Å². The minimum absolute atomic E-state index is 0.0576. The van der Waals surface area contributed by atoms with Crippen LogP contribution in [0.25, 0.3) is 0 Å². The highest BCUT2D eigenvalue weighted by molar-refractivity contribution is 6.49. The monoisotopic (exact) mass is 287 g/mol. The standard InChI is InChI=1S/C15H21N3OSi/c1-11(18-12(2)14-9-16-10-17-14)13-7-5-6-8-15(13)19-20(3)4/h5-11,20H,1-4H3,(H,16,17). The predicted molar refractivity (Wildman–Crippen MR) is 85.2 cm³/mol. The molecule has 0 saturated heterocycles. The Morgan fingerprint density at radius 3 is 2.75 bits per heavy atom. The van der Waals surface area contributed by atoms with E-state index in [2.05, 4.69) is 36.1 Å². The van der Waals surface area contributed by atoms with Crippen molar-refractivity contribution in [3.8, 4) is 5.75 Å². The van der Waals surface area contributed by atoms with Crippen molar-refractivity contribution in [2.45, 2.75) is 33.0 Å². The molecule has 5 heteroatoms. The lowest BCUT2D eigenvalue weighted by Gasteiger charge is -2.17. The van der Waals surface area contributed by atoms with Crippen LogP contribution in [0, 0.1) is 0 Å². The molecule has 0 spiro atoms. The molecule has 2 aromatic rings. The van der Waals surface area contributed by atoms with Gasteiger partial charge in [0.15, 0.2) is 0 Å². The SMILES string of the molecule is CC(=NC(C)c1ccccc1O[SiH](C)C)c1cnc[nH]1. The van der Waals surface area contributed by atoms with E-state index in [4.69, 9.17) is 9.42 Å². The topological polar surface area (TPSA) is 50.3 Å². The molecule has 0 aliphatic heterocycles. The molecule has 0 bridgehead atoms. The van der Waals surface area contributed by atoms with Gasteiger partial charge in [0.2, 0.25) is 9.04 Å². The maximum absolute atomic E-state index is 5.99. The van der Waals surface area contributed by atoms with Gasteiger partial charge in [-0.15, -0.1) is 0 Å². The number of nitrogens with zero attached hydrogens (tertiary/aromatic N) is 2. The highest BCUT2D eigenvalue weighted by Crippen LogP contribution is 2.28. The Bertz CT molecular complexity index is 579. The van der Waals surface area contributed by atoms with Gasteiger partial charge in [0.25, 0.3) is 0 Å². The zero-order valence-corrected chi connectivity index (χ0v) is 13.6. The number of hydrogen-bond acceptors (Lipinski definition) is 3. The minimum Gasteiger partial charge on any atom is -0.547 e. The highest BCUT2D eigenvalue weighted by atomic mass is 28.3. The van der Waals surface area contributed by atoms with Crippen molar-refractivity contribution < 1.29 is 4.43 Å². The van der Waals surface area contributed by atoms with Crippen molar-refractivity contribution in [3.05, 3.63) is 48.0 Å². The quantitative estimate of drug-likeness (QED) is 0.677. The van der Waals surface area contributed by atoms with Crippen LogP contribution in [0.2, 0.25) is 13.1 Å². The number of nitrogens with one attached hydrogen (secondary N) is 1. The number of benzene rings is 1. The van der Waals surface area contributed by atoms with Crippen LogP contribution in [0.3, 0.4) is 0 Å². The van der Waals surface area contributed by atoms with Crippen molar-refractivity contribution in [1.29, 1.82) is 0 Å². The van der Waals surface area contributed by atoms with E-state index in [1.807, 2.05) is 25.1 Å². The van der Waals surface area contributed by atoms with E-state index in [0.29, 0.717) is 0 Å². The molecule has 106 valence electrons. The fourth-order valence-electron chi connectivity index (χ4n) is 2.07. The number of para-hydroxylation sites is 1. The summed E-state index contributed by atoms with van der Waals surface area (Å²) in [6, 6.07) is 8.21. The van der Waals surface area contributed by atoms with Crippen molar-refractivity contribution >= 4 is 14.8 Å². The number of rotatable bonds is 5. The molecular weight excluding hydrogens is 266 g/mol. The van der Waals surface area contributed by atoms with E-state index < -0.39 is 9.04 Å². The molecule has 0 aliphatic rings. The largest absolute Gasteiger partial charge is 0.547 e. The van der Waals surface area contributed by atoms with Gasteiger partial charge in [-0.2, -0.15) is 0 Å². The van der Waals surface area contributed by atoms with E-state index in [0.717, 1.165) is 22.7 Å². The van der Waals surface area contributed by atoms with Crippen LogP contribution in [0.4, 0.5) is 0 Å². The Morgan fingerprint density at radius 2 is 2.10 bits per heavy atom. The molecule has 1 N–H and O–H groups in total. The Hall–Kier alpha value is -1.88. The molecular formula is C15H21N3OSi. The van der Waals surface area contributed by atoms with Gasteiger partial charge in [-0.1, -0.05) is 18.2 Å². The molecule has 2 rings (SSSR count). The first-order valence-corrected chi connectivity index (χ1v) is 9.64. The van der Waals surface area contributed by atoms with Crippen LogP contribution < -0.4 is 4.43 Å². The summed E-state index contributed by atoms with van der Waals surface area (Å²) in [7, 11) is -1.12. The van der Waals surface area contributed by atoms with Gasteiger partial charge < -0.3 is 9.41 Å². The van der Waals surface area contributed by atoms with Gasteiger partial charge >= 0.3 is 0 Å². The number of aromatic nitrogens is 2. The molecule has 1 unspecified atom stereocenters. The van der Waals surface area contributed by atoms with Crippen LogP contribution in [0.1, 0.15) is 31.1 Å². The second-order valence-corrected chi connectivity index (χ2v) is 7.39. The van der Waals surface area contributed by atoms with Crippen LogP contribution in [-0.4, -0.2) is 24.7 Å². The molecule has 0 aliphatic carbocycles. The molecule has 0 fully saturated rings. The zero-order chi connectivity index (χ0) is 14.5. The molecule has 0 amide bonds. The molecule has 1 atom stereocenters. The summed E-state index contributed by atoms with van der Waals surface area (Å²) in [6.07, 6.45) is 3.45. The summed E-state index contributed by atoms with van der Waals surface area (Å²) in [5, 5.41) is 0. The number of aromatic amines is 1. The minimum atomic E-state index is -1.12. The molecule has 1 aromatic heterocycles. The highest BCUT2D eigenvalue weighted by Gasteiger charge is 2.12. The van der Waals surface area contributed by atoms with Crippen molar-refractivity contribution in [3.63, 3.8) is 0 Å². The second-order valence-electron chi connectivity index (χ2n) is 5.06. The third kappa shape index (κ3) is 3.57. The van der Waals surface area contributed by atoms with Gasteiger partial charge in [-0.05, 0) is 33.0 Å². The van der Waals surface area contributed by atoms with Crippen LogP contribution in [0.15, 0.2) is 41.8 Å². The maximum Gasteiger partial charge on any atom is 0.229 e. The van der Waals surface area contributed by atoms with Gasteiger partial charge in [0.1, 0.15) is 5.75 Å². The average molecular weight is 287 g/mol. The number of H-pyrrole nitrogens is 1. The molecule has 0 saturated carbocycles. The number of hydrogen-bond donors (Lipinski definition) is 1. The predicted octanol–water partition coefficient (Wildman–Crippen LogP) is 3.34. The van der Waals surface area contributed by atoms with Crippen molar-refractivity contribution in [2.24, 2.45) is 4.99 Å². The fourth-order valence-corrected chi connectivity index (χ4v) is 2.79. The summed E-state index contributed by atoms with van der Waals surface area (Å²) in [5.41, 5.74) is 3.03. The summed E-state index contributed by atoms with van der Waals surface area (Å²) in [6.45, 7) is 8.41. The average Bonchev–Trinajstić information content (AvgIpc) is 2.92. The lowest BCUT2D eigenvalue weighted by molar-refractivity contribution is 0.563. The van der Waals surface area contributed by atoms with Gasteiger partial charge in [-0.3, -0.25) is 4.99 Å². The molecule has 0 radical (unpaired) electrons. The summed E-state index contributed by atoms with van der Waals surface area (Å²) in [4.78, 5) is 11.8. The summed E-state index contributed by atoms with van der Waals surface area (Å²) < 4.78 is 5.99. The van der Waals surface area contributed by atoms with E-state index >= 15 is 0 Å². The van der Waals surface area contributed by atoms with E-state index in [-0.39, 0.29) is 6.04 Å². The Labute approximate surface area is 121 Å². The molecule has 1 aromatic carbocycles. The first-order valence-electron chi connectivity index (χ1n) is 6.86. The third-order valence-corrected chi connectivity index (χ3v) is 3.73. The van der Waals surface area contributed by atoms with E-state index in [1.54, 1.807) is 12.5 Å². The first-order chi connectivity index (χ1) is 9.58. The van der Waals surface area contributed by atoms with E-state index in [1.165, 1.54) is 0 Å². The second kappa shape index (κ2) is 6.52. The Balaban J connectivity index is 2.25. The van der Waals surface area contributed by atoms with Gasteiger partial charge in [0, 0.05) is 5.56 Å². The van der Waals surface area contributed by atoms with Crippen LogP contribution in [0.5, 0.6) is 5.75 Å². The number of imidazole rings is 1. The third-order valence-electron chi connectivity index (χ3n) is 3.01. The Morgan fingerprint density at radius 1 is 1.35 bits per heavy atom. The van der Waals surface area contributed by atoms with Crippen LogP contribution >= 0.6 is 0 Å². The summed E-state index contributed by atoms with van der Waals surface area (Å²) >= 11 is 0. The smallest absolute Gasteiger partial charge is 0.229 e. The molecule has 1 heterocycles.